The van der Waals surface area contributed by atoms with E-state index in [2.05, 4.69) is 0 Å². The van der Waals surface area contributed by atoms with Gasteiger partial charge in [0.25, 0.3) is 5.91 Å². The van der Waals surface area contributed by atoms with E-state index in [1.807, 2.05) is 0 Å². The van der Waals surface area contributed by atoms with E-state index in [9.17, 15) is 9.59 Å². The minimum Gasteiger partial charge on any atom is -0.479 e. The summed E-state index contributed by atoms with van der Waals surface area (Å²) in [5.74, 6) is -0.141. The van der Waals surface area contributed by atoms with Gasteiger partial charge in [-0.2, -0.15) is 0 Å². The number of halogens is 1. The Labute approximate surface area is 141 Å². The number of ether oxygens (including phenoxy) is 2. The summed E-state index contributed by atoms with van der Waals surface area (Å²) >= 11 is 6.05. The summed E-state index contributed by atoms with van der Waals surface area (Å²) in [6.45, 7) is 4.84. The summed E-state index contributed by atoms with van der Waals surface area (Å²) in [5, 5.41) is 0.468. The lowest BCUT2D eigenvalue weighted by atomic mass is 9.98. The number of carbonyl (C=O) groups excluding carboxylic acids is 2. The van der Waals surface area contributed by atoms with Crippen LogP contribution in [0.5, 0.6) is 5.75 Å². The van der Waals surface area contributed by atoms with Crippen LogP contribution in [0, 0.1) is 5.92 Å². The van der Waals surface area contributed by atoms with E-state index in [0.29, 0.717) is 30.5 Å². The molecule has 2 rings (SSSR count). The van der Waals surface area contributed by atoms with E-state index in [1.165, 1.54) is 0 Å². The largest absolute Gasteiger partial charge is 0.479 e. The second-order valence-electron chi connectivity index (χ2n) is 5.57. The van der Waals surface area contributed by atoms with Crippen molar-refractivity contribution in [1.29, 1.82) is 0 Å². The summed E-state index contributed by atoms with van der Waals surface area (Å²) in [6.07, 6.45) is 0.881. The summed E-state index contributed by atoms with van der Waals surface area (Å²) in [4.78, 5) is 26.1. The molecule has 23 heavy (non-hydrogen) atoms. The van der Waals surface area contributed by atoms with E-state index in [-0.39, 0.29) is 17.8 Å². The van der Waals surface area contributed by atoms with Crippen LogP contribution in [-0.2, 0) is 14.3 Å². The molecule has 0 radical (unpaired) electrons. The molecule has 2 atom stereocenters. The highest BCUT2D eigenvalue weighted by atomic mass is 35.5. The minimum atomic E-state index is -0.657. The number of carbonyl (C=O) groups is 2. The molecule has 0 saturated carbocycles. The highest BCUT2D eigenvalue weighted by Crippen LogP contribution is 2.25. The van der Waals surface area contributed by atoms with Gasteiger partial charge in [-0.05, 0) is 38.8 Å². The van der Waals surface area contributed by atoms with Gasteiger partial charge < -0.3 is 14.4 Å². The molecule has 1 aliphatic rings. The maximum Gasteiger partial charge on any atom is 0.310 e. The summed E-state index contributed by atoms with van der Waals surface area (Å²) in [5.41, 5.74) is 0. The molecule has 0 N–H and O–H groups in total. The zero-order valence-corrected chi connectivity index (χ0v) is 14.2. The molecule has 1 heterocycles. The molecule has 2 unspecified atom stereocenters. The van der Waals surface area contributed by atoms with Crippen molar-refractivity contribution in [1.82, 2.24) is 4.90 Å². The Morgan fingerprint density at radius 2 is 2.13 bits per heavy atom. The number of hydrogen-bond donors (Lipinski definition) is 0. The van der Waals surface area contributed by atoms with Crippen LogP contribution < -0.4 is 4.74 Å². The van der Waals surface area contributed by atoms with Gasteiger partial charge >= 0.3 is 5.97 Å². The molecule has 0 aliphatic carbocycles. The van der Waals surface area contributed by atoms with Gasteiger partial charge in [0.05, 0.1) is 17.5 Å². The molecule has 0 aromatic heterocycles. The van der Waals surface area contributed by atoms with Crippen LogP contribution in [0.15, 0.2) is 24.3 Å². The first-order valence-electron chi connectivity index (χ1n) is 7.89. The summed E-state index contributed by atoms with van der Waals surface area (Å²) in [6, 6.07) is 7.04. The molecular weight excluding hydrogens is 318 g/mol. The number of para-hydroxylation sites is 1. The van der Waals surface area contributed by atoms with Crippen LogP contribution in [0.1, 0.15) is 26.7 Å². The van der Waals surface area contributed by atoms with Crippen LogP contribution >= 0.6 is 11.6 Å². The Morgan fingerprint density at radius 1 is 1.39 bits per heavy atom. The van der Waals surface area contributed by atoms with Crippen molar-refractivity contribution in [2.24, 2.45) is 5.92 Å². The first kappa shape index (κ1) is 17.6. The first-order chi connectivity index (χ1) is 11.0. The normalized spacial score (nSPS) is 19.1. The van der Waals surface area contributed by atoms with Gasteiger partial charge in [0, 0.05) is 13.1 Å². The number of hydrogen-bond acceptors (Lipinski definition) is 4. The number of nitrogens with zero attached hydrogens (tertiary/aromatic N) is 1. The fraction of sp³-hybridized carbons (Fsp3) is 0.529. The zero-order chi connectivity index (χ0) is 16.8. The second-order valence-corrected chi connectivity index (χ2v) is 5.97. The summed E-state index contributed by atoms with van der Waals surface area (Å²) < 4.78 is 10.7. The van der Waals surface area contributed by atoms with Crippen LogP contribution in [-0.4, -0.2) is 42.6 Å². The van der Waals surface area contributed by atoms with Crippen LogP contribution in [0.4, 0.5) is 0 Å². The first-order valence-corrected chi connectivity index (χ1v) is 8.27. The fourth-order valence-corrected chi connectivity index (χ4v) is 2.85. The predicted molar refractivity (Wildman–Crippen MR) is 87.5 cm³/mol. The standard InChI is InChI=1S/C17H22ClNO4/c1-3-22-17(21)13-7-6-10-19(11-13)16(20)12(2)23-15-9-5-4-8-14(15)18/h4-5,8-9,12-13H,3,6-7,10-11H2,1-2H3. The zero-order valence-electron chi connectivity index (χ0n) is 13.5. The van der Waals surface area contributed by atoms with Crippen molar-refractivity contribution in [3.63, 3.8) is 0 Å². The van der Waals surface area contributed by atoms with E-state index >= 15 is 0 Å². The van der Waals surface area contributed by atoms with Gasteiger partial charge in [-0.3, -0.25) is 9.59 Å². The molecule has 1 aromatic carbocycles. The lowest BCUT2D eigenvalue weighted by Gasteiger charge is -2.33. The smallest absolute Gasteiger partial charge is 0.310 e. The van der Waals surface area contributed by atoms with Crippen molar-refractivity contribution in [3.8, 4) is 5.75 Å². The quantitative estimate of drug-likeness (QED) is 0.774. The van der Waals surface area contributed by atoms with E-state index in [4.69, 9.17) is 21.1 Å². The number of likely N-dealkylation sites (tertiary alicyclic amines) is 1. The van der Waals surface area contributed by atoms with E-state index in [1.54, 1.807) is 43.0 Å². The SMILES string of the molecule is CCOC(=O)C1CCCN(C(=O)C(C)Oc2ccccc2Cl)C1. The van der Waals surface area contributed by atoms with Gasteiger partial charge in [0.15, 0.2) is 6.10 Å². The van der Waals surface area contributed by atoms with Crippen molar-refractivity contribution in [3.05, 3.63) is 29.3 Å². The monoisotopic (exact) mass is 339 g/mol. The predicted octanol–water partition coefficient (Wildman–Crippen LogP) is 2.91. The van der Waals surface area contributed by atoms with Gasteiger partial charge in [-0.25, -0.2) is 0 Å². The van der Waals surface area contributed by atoms with Crippen LogP contribution in [0.25, 0.3) is 0 Å². The molecule has 1 saturated heterocycles. The average molecular weight is 340 g/mol. The third-order valence-corrected chi connectivity index (χ3v) is 4.15. The number of rotatable bonds is 5. The second kappa shape index (κ2) is 8.20. The summed E-state index contributed by atoms with van der Waals surface area (Å²) in [7, 11) is 0. The average Bonchev–Trinajstić information content (AvgIpc) is 2.56. The van der Waals surface area contributed by atoms with Crippen molar-refractivity contribution >= 4 is 23.5 Å². The Bertz CT molecular complexity index is 563. The minimum absolute atomic E-state index is 0.140. The maximum absolute atomic E-state index is 12.5. The number of benzene rings is 1. The van der Waals surface area contributed by atoms with Crippen molar-refractivity contribution in [2.75, 3.05) is 19.7 Å². The fourth-order valence-electron chi connectivity index (χ4n) is 2.67. The molecule has 5 nitrogen and oxygen atoms in total. The molecular formula is C17H22ClNO4. The number of esters is 1. The molecule has 1 fully saturated rings. The van der Waals surface area contributed by atoms with Gasteiger partial charge in [0.1, 0.15) is 5.75 Å². The lowest BCUT2D eigenvalue weighted by molar-refractivity contribution is -0.152. The van der Waals surface area contributed by atoms with Gasteiger partial charge in [-0.15, -0.1) is 0 Å². The van der Waals surface area contributed by atoms with Gasteiger partial charge in [0.2, 0.25) is 0 Å². The molecule has 126 valence electrons. The number of piperidine rings is 1. The molecule has 1 aliphatic heterocycles. The third kappa shape index (κ3) is 4.61. The Hall–Kier alpha value is -1.75. The van der Waals surface area contributed by atoms with Crippen LogP contribution in [0.3, 0.4) is 0 Å². The van der Waals surface area contributed by atoms with Crippen LogP contribution in [0.2, 0.25) is 5.02 Å². The van der Waals surface area contributed by atoms with Crippen molar-refractivity contribution in [2.45, 2.75) is 32.8 Å². The molecule has 6 heteroatoms. The maximum atomic E-state index is 12.5. The van der Waals surface area contributed by atoms with Gasteiger partial charge in [-0.1, -0.05) is 23.7 Å². The third-order valence-electron chi connectivity index (χ3n) is 3.84. The lowest BCUT2D eigenvalue weighted by Crippen LogP contribution is -2.47. The highest BCUT2D eigenvalue weighted by Gasteiger charge is 2.31. The molecule has 0 bridgehead atoms. The number of amides is 1. The van der Waals surface area contributed by atoms with E-state index < -0.39 is 6.10 Å². The Balaban J connectivity index is 1.96. The Kier molecular flexibility index (Phi) is 6.28. The molecule has 1 aromatic rings. The Morgan fingerprint density at radius 3 is 2.83 bits per heavy atom. The molecule has 1 amide bonds. The van der Waals surface area contributed by atoms with E-state index in [0.717, 1.165) is 12.8 Å². The van der Waals surface area contributed by atoms with Crippen molar-refractivity contribution < 1.29 is 19.1 Å². The molecule has 0 spiro atoms. The highest BCUT2D eigenvalue weighted by molar-refractivity contribution is 6.32. The topological polar surface area (TPSA) is 55.8 Å².